The van der Waals surface area contributed by atoms with Crippen LogP contribution in [0.3, 0.4) is 0 Å². The number of carbonyl (C=O) groups excluding carboxylic acids is 3. The van der Waals surface area contributed by atoms with Gasteiger partial charge in [-0.3, -0.25) is 19.6 Å². The first-order chi connectivity index (χ1) is 15.8. The summed E-state index contributed by atoms with van der Waals surface area (Å²) in [6.07, 6.45) is 2.20. The van der Waals surface area contributed by atoms with Crippen LogP contribution in [0.4, 0.5) is 5.69 Å². The van der Waals surface area contributed by atoms with Gasteiger partial charge in [0.25, 0.3) is 11.8 Å². The summed E-state index contributed by atoms with van der Waals surface area (Å²) in [4.78, 5) is 40.3. The van der Waals surface area contributed by atoms with Gasteiger partial charge in [-0.05, 0) is 49.2 Å². The molecule has 0 fully saturated rings. The predicted molar refractivity (Wildman–Crippen MR) is 120 cm³/mol. The number of nitrogens with zero attached hydrogens (tertiary/aromatic N) is 2. The molecule has 172 valence electrons. The van der Waals surface area contributed by atoms with E-state index in [0.717, 1.165) is 17.0 Å². The van der Waals surface area contributed by atoms with Crippen molar-refractivity contribution in [2.45, 2.75) is 32.5 Å². The molecule has 0 aliphatic rings. The maximum absolute atomic E-state index is 12.4. The smallest absolute Gasteiger partial charge is 0.268 e. The Bertz CT molecular complexity index is 1120. The van der Waals surface area contributed by atoms with Gasteiger partial charge in [0.05, 0.1) is 6.10 Å². The van der Waals surface area contributed by atoms with Crippen molar-refractivity contribution in [1.82, 2.24) is 20.3 Å². The summed E-state index contributed by atoms with van der Waals surface area (Å²) in [6, 6.07) is 12.6. The van der Waals surface area contributed by atoms with Crippen molar-refractivity contribution in [2.24, 2.45) is 0 Å². The van der Waals surface area contributed by atoms with Crippen molar-refractivity contribution in [2.75, 3.05) is 5.32 Å². The molecule has 0 aliphatic heterocycles. The zero-order valence-corrected chi connectivity index (χ0v) is 18.1. The van der Waals surface area contributed by atoms with Crippen LogP contribution in [-0.2, 0) is 16.1 Å². The van der Waals surface area contributed by atoms with E-state index in [-0.39, 0.29) is 18.0 Å². The van der Waals surface area contributed by atoms with Crippen molar-refractivity contribution < 1.29 is 24.7 Å². The van der Waals surface area contributed by atoms with E-state index in [2.05, 4.69) is 15.6 Å². The molecular formula is C23H25N5O5. The molecule has 10 nitrogen and oxygen atoms in total. The van der Waals surface area contributed by atoms with E-state index in [4.69, 9.17) is 5.21 Å². The Morgan fingerprint density at radius 3 is 2.15 bits per heavy atom. The third-order valence-corrected chi connectivity index (χ3v) is 5.05. The van der Waals surface area contributed by atoms with Crippen LogP contribution in [-0.4, -0.2) is 49.7 Å². The molecule has 3 aromatic rings. The number of hydroxylamine groups is 1. The highest BCUT2D eigenvalue weighted by Gasteiger charge is 2.25. The van der Waals surface area contributed by atoms with Crippen molar-refractivity contribution in [1.29, 1.82) is 0 Å². The number of aliphatic hydroxyl groups excluding tert-OH is 1. The lowest BCUT2D eigenvalue weighted by Crippen LogP contribution is -2.51. The number of imidazole rings is 1. The highest BCUT2D eigenvalue weighted by Crippen LogP contribution is 2.22. The lowest BCUT2D eigenvalue weighted by Gasteiger charge is -2.19. The van der Waals surface area contributed by atoms with Gasteiger partial charge in [-0.2, -0.15) is 0 Å². The normalized spacial score (nSPS) is 12.5. The number of anilines is 1. The van der Waals surface area contributed by atoms with Gasteiger partial charge in [-0.25, -0.2) is 10.5 Å². The minimum atomic E-state index is -1.29. The van der Waals surface area contributed by atoms with Crippen LogP contribution in [0.5, 0.6) is 0 Å². The van der Waals surface area contributed by atoms with Crippen LogP contribution in [0, 0.1) is 6.92 Å². The maximum Gasteiger partial charge on any atom is 0.268 e. The molecule has 0 saturated heterocycles. The summed E-state index contributed by atoms with van der Waals surface area (Å²) in [5, 5.41) is 23.6. The van der Waals surface area contributed by atoms with Gasteiger partial charge in [-0.15, -0.1) is 0 Å². The largest absolute Gasteiger partial charge is 0.391 e. The van der Waals surface area contributed by atoms with Crippen molar-refractivity contribution in [3.63, 3.8) is 0 Å². The number of benzene rings is 2. The SMILES string of the molecule is Cc1nccn1CC(=O)Nc1ccc(-c2ccc(C(=O)N[C@H](C(=O)NO)[C@@H](C)O)cc2)cc1. The monoisotopic (exact) mass is 451 g/mol. The molecule has 0 spiro atoms. The Morgan fingerprint density at radius 2 is 1.64 bits per heavy atom. The average Bonchev–Trinajstić information content (AvgIpc) is 3.21. The second kappa shape index (κ2) is 10.5. The second-order valence-corrected chi connectivity index (χ2v) is 7.47. The molecule has 0 radical (unpaired) electrons. The second-order valence-electron chi connectivity index (χ2n) is 7.47. The number of hydrogen-bond donors (Lipinski definition) is 5. The predicted octanol–water partition coefficient (Wildman–Crippen LogP) is 1.48. The third-order valence-electron chi connectivity index (χ3n) is 5.05. The van der Waals surface area contributed by atoms with Crippen molar-refractivity contribution >= 4 is 23.4 Å². The van der Waals surface area contributed by atoms with Crippen LogP contribution in [0.15, 0.2) is 60.9 Å². The zero-order valence-electron chi connectivity index (χ0n) is 18.1. The summed E-state index contributed by atoms with van der Waals surface area (Å²) >= 11 is 0. The standard InChI is InChI=1S/C23H25N5O5/c1-14(29)21(23(32)27-33)26-22(31)18-5-3-16(4-6-18)17-7-9-19(10-8-17)25-20(30)13-28-12-11-24-15(28)2/h3-12,14,21,29,33H,13H2,1-2H3,(H,25,30)(H,26,31)(H,27,32)/t14-,21+/m1/s1. The molecule has 3 rings (SSSR count). The average molecular weight is 451 g/mol. The highest BCUT2D eigenvalue weighted by molar-refractivity contribution is 5.98. The number of nitrogens with one attached hydrogen (secondary N) is 3. The van der Waals surface area contributed by atoms with E-state index in [9.17, 15) is 19.5 Å². The fraction of sp³-hybridized carbons (Fsp3) is 0.217. The molecule has 0 aliphatic carbocycles. The Kier molecular flexibility index (Phi) is 7.54. The Balaban J connectivity index is 1.62. The van der Waals surface area contributed by atoms with Crippen molar-refractivity contribution in [3.8, 4) is 11.1 Å². The molecule has 33 heavy (non-hydrogen) atoms. The number of aliphatic hydroxyl groups is 1. The summed E-state index contributed by atoms with van der Waals surface area (Å²) in [5.41, 5.74) is 4.09. The van der Waals surface area contributed by atoms with E-state index in [1.165, 1.54) is 12.4 Å². The van der Waals surface area contributed by atoms with Gasteiger partial charge >= 0.3 is 0 Å². The molecule has 10 heteroatoms. The molecule has 3 amide bonds. The third kappa shape index (κ3) is 6.03. The van der Waals surface area contributed by atoms with Crippen LogP contribution >= 0.6 is 0 Å². The van der Waals surface area contributed by atoms with Gasteiger partial charge in [0.15, 0.2) is 0 Å². The van der Waals surface area contributed by atoms with E-state index in [1.54, 1.807) is 53.4 Å². The van der Waals surface area contributed by atoms with E-state index in [1.807, 2.05) is 19.1 Å². The summed E-state index contributed by atoms with van der Waals surface area (Å²) in [7, 11) is 0. The zero-order chi connectivity index (χ0) is 24.0. The first kappa shape index (κ1) is 23.6. The molecule has 2 aromatic carbocycles. The van der Waals surface area contributed by atoms with Gasteiger partial charge in [-0.1, -0.05) is 24.3 Å². The Hall–Kier alpha value is -4.02. The fourth-order valence-electron chi connectivity index (χ4n) is 3.19. The van der Waals surface area contributed by atoms with Gasteiger partial charge in [0, 0.05) is 23.6 Å². The number of hydrogen-bond acceptors (Lipinski definition) is 6. The Labute approximate surface area is 190 Å². The number of aromatic nitrogens is 2. The van der Waals surface area contributed by atoms with Crippen LogP contribution in [0.25, 0.3) is 11.1 Å². The summed E-state index contributed by atoms with van der Waals surface area (Å²) in [5.74, 6) is -0.884. The fourth-order valence-corrected chi connectivity index (χ4v) is 3.19. The first-order valence-corrected chi connectivity index (χ1v) is 10.2. The lowest BCUT2D eigenvalue weighted by molar-refractivity contribution is -0.133. The Morgan fingerprint density at radius 1 is 1.03 bits per heavy atom. The number of aryl methyl sites for hydroxylation is 1. The van der Waals surface area contributed by atoms with E-state index < -0.39 is 24.0 Å². The van der Waals surface area contributed by atoms with E-state index >= 15 is 0 Å². The molecule has 0 saturated carbocycles. The molecule has 5 N–H and O–H groups in total. The quantitative estimate of drug-likeness (QED) is 0.259. The lowest BCUT2D eigenvalue weighted by atomic mass is 10.0. The summed E-state index contributed by atoms with van der Waals surface area (Å²) in [6.45, 7) is 3.33. The first-order valence-electron chi connectivity index (χ1n) is 10.2. The summed E-state index contributed by atoms with van der Waals surface area (Å²) < 4.78 is 1.75. The topological polar surface area (TPSA) is 146 Å². The number of carbonyl (C=O) groups is 3. The van der Waals surface area contributed by atoms with Gasteiger partial charge in [0.1, 0.15) is 18.4 Å². The van der Waals surface area contributed by atoms with Crippen LogP contribution in [0.2, 0.25) is 0 Å². The highest BCUT2D eigenvalue weighted by atomic mass is 16.5. The van der Waals surface area contributed by atoms with Crippen LogP contribution in [0.1, 0.15) is 23.1 Å². The van der Waals surface area contributed by atoms with Crippen molar-refractivity contribution in [3.05, 3.63) is 72.3 Å². The maximum atomic E-state index is 12.4. The minimum Gasteiger partial charge on any atom is -0.391 e. The van der Waals surface area contributed by atoms with Gasteiger partial charge < -0.3 is 20.3 Å². The number of amides is 3. The molecule has 0 unspecified atom stereocenters. The molecule has 0 bridgehead atoms. The molecule has 1 aromatic heterocycles. The van der Waals surface area contributed by atoms with Gasteiger partial charge in [0.2, 0.25) is 5.91 Å². The van der Waals surface area contributed by atoms with Crippen LogP contribution < -0.4 is 16.1 Å². The molecule has 1 heterocycles. The molecule has 2 atom stereocenters. The van der Waals surface area contributed by atoms with E-state index in [0.29, 0.717) is 5.69 Å². The molecular weight excluding hydrogens is 426 g/mol. The number of rotatable bonds is 8. The minimum absolute atomic E-state index is 0.162.